The minimum Gasteiger partial charge on any atom is -0.370 e. The summed E-state index contributed by atoms with van der Waals surface area (Å²) in [6, 6.07) is 1.78. The fourth-order valence-electron chi connectivity index (χ4n) is 0.770. The fraction of sp³-hybridized carbons (Fsp3) is 0. The highest BCUT2D eigenvalue weighted by Crippen LogP contribution is 2.29. The van der Waals surface area contributed by atoms with Gasteiger partial charge in [-0.1, -0.05) is 0 Å². The van der Waals surface area contributed by atoms with Gasteiger partial charge in [0.1, 0.15) is 11.5 Å². The van der Waals surface area contributed by atoms with Crippen molar-refractivity contribution < 1.29 is 8.78 Å². The van der Waals surface area contributed by atoms with Crippen molar-refractivity contribution >= 4 is 27.6 Å². The van der Waals surface area contributed by atoms with Crippen molar-refractivity contribution in [3.63, 3.8) is 0 Å². The van der Waals surface area contributed by atoms with Crippen LogP contribution in [0.4, 0.5) is 14.5 Å². The maximum Gasteiger partial charge on any atom is 0.191 e. The van der Waals surface area contributed by atoms with Gasteiger partial charge in [-0.25, -0.2) is 13.8 Å². The van der Waals surface area contributed by atoms with Crippen molar-refractivity contribution in [2.24, 2.45) is 16.5 Å². The van der Waals surface area contributed by atoms with Crippen LogP contribution >= 0.6 is 15.9 Å². The zero-order chi connectivity index (χ0) is 10.0. The van der Waals surface area contributed by atoms with Crippen molar-refractivity contribution in [1.82, 2.24) is 0 Å². The molecule has 0 saturated heterocycles. The fourth-order valence-corrected chi connectivity index (χ4v) is 1.27. The van der Waals surface area contributed by atoms with Crippen molar-refractivity contribution in [2.45, 2.75) is 0 Å². The van der Waals surface area contributed by atoms with Crippen LogP contribution in [0.3, 0.4) is 0 Å². The lowest BCUT2D eigenvalue weighted by Crippen LogP contribution is -2.22. The van der Waals surface area contributed by atoms with Crippen LogP contribution in [0.5, 0.6) is 0 Å². The second-order valence-electron chi connectivity index (χ2n) is 2.25. The van der Waals surface area contributed by atoms with E-state index in [0.29, 0.717) is 6.07 Å². The topological polar surface area (TPSA) is 64.4 Å². The molecule has 0 aliphatic carbocycles. The maximum absolute atomic E-state index is 13.0. The molecule has 0 aromatic heterocycles. The number of halogens is 3. The highest BCUT2D eigenvalue weighted by Gasteiger charge is 2.08. The summed E-state index contributed by atoms with van der Waals surface area (Å²) in [7, 11) is 0. The first kappa shape index (κ1) is 9.91. The molecular formula is C7H6BrF2N3. The lowest BCUT2D eigenvalue weighted by Gasteiger charge is -2.00. The molecule has 1 aromatic carbocycles. The van der Waals surface area contributed by atoms with Gasteiger partial charge in [0.2, 0.25) is 0 Å². The molecule has 3 nitrogen and oxygen atoms in total. The van der Waals surface area contributed by atoms with Gasteiger partial charge in [-0.3, -0.25) is 0 Å². The lowest BCUT2D eigenvalue weighted by atomic mass is 10.3. The summed E-state index contributed by atoms with van der Waals surface area (Å²) >= 11 is 2.93. The number of rotatable bonds is 1. The summed E-state index contributed by atoms with van der Waals surface area (Å²) in [6.07, 6.45) is 0. The Hall–Kier alpha value is -1.17. The van der Waals surface area contributed by atoms with E-state index >= 15 is 0 Å². The number of hydrogen-bond acceptors (Lipinski definition) is 1. The van der Waals surface area contributed by atoms with Gasteiger partial charge in [0, 0.05) is 10.5 Å². The number of guanidine groups is 1. The Morgan fingerprint density at radius 3 is 2.38 bits per heavy atom. The third-order valence-corrected chi connectivity index (χ3v) is 1.83. The van der Waals surface area contributed by atoms with Crippen LogP contribution in [0.15, 0.2) is 21.6 Å². The molecule has 70 valence electrons. The molecule has 4 N–H and O–H groups in total. The molecule has 0 atom stereocenters. The molecule has 0 unspecified atom stereocenters. The Balaban J connectivity index is 3.29. The summed E-state index contributed by atoms with van der Waals surface area (Å²) in [6.45, 7) is 0. The minimum absolute atomic E-state index is 0.110. The van der Waals surface area contributed by atoms with E-state index in [0.717, 1.165) is 6.07 Å². The Morgan fingerprint density at radius 1 is 1.31 bits per heavy atom. The molecule has 0 amide bonds. The van der Waals surface area contributed by atoms with E-state index in [9.17, 15) is 8.78 Å². The molecular weight excluding hydrogens is 244 g/mol. The number of nitrogens with zero attached hydrogens (tertiary/aromatic N) is 1. The lowest BCUT2D eigenvalue weighted by molar-refractivity contribution is 0.583. The molecule has 0 spiro atoms. The van der Waals surface area contributed by atoms with Crippen LogP contribution in [0.2, 0.25) is 0 Å². The van der Waals surface area contributed by atoms with Crippen LogP contribution < -0.4 is 11.5 Å². The third kappa shape index (κ3) is 2.38. The van der Waals surface area contributed by atoms with Gasteiger partial charge in [0.15, 0.2) is 11.8 Å². The van der Waals surface area contributed by atoms with Crippen molar-refractivity contribution in [3.05, 3.63) is 28.2 Å². The largest absolute Gasteiger partial charge is 0.370 e. The van der Waals surface area contributed by atoms with Gasteiger partial charge in [0.25, 0.3) is 0 Å². The van der Waals surface area contributed by atoms with Gasteiger partial charge in [0.05, 0.1) is 0 Å². The van der Waals surface area contributed by atoms with Gasteiger partial charge < -0.3 is 11.5 Å². The van der Waals surface area contributed by atoms with E-state index in [4.69, 9.17) is 11.5 Å². The number of nitrogens with two attached hydrogens (primary N) is 2. The molecule has 1 aromatic rings. The summed E-state index contributed by atoms with van der Waals surface area (Å²) < 4.78 is 25.7. The highest BCUT2D eigenvalue weighted by atomic mass is 79.9. The molecule has 6 heteroatoms. The SMILES string of the molecule is NC(N)=Nc1c(F)cc(F)cc1Br. The van der Waals surface area contributed by atoms with Crippen LogP contribution in [-0.4, -0.2) is 5.96 Å². The number of benzene rings is 1. The maximum atomic E-state index is 13.0. The van der Waals surface area contributed by atoms with Crippen molar-refractivity contribution in [3.8, 4) is 0 Å². The average molecular weight is 250 g/mol. The standard InChI is InChI=1S/C7H6BrF2N3/c8-4-1-3(9)2-5(10)6(4)13-7(11)12/h1-2H,(H4,11,12,13). The summed E-state index contributed by atoms with van der Waals surface area (Å²) in [5.41, 5.74) is 9.98. The van der Waals surface area contributed by atoms with Crippen LogP contribution in [0.1, 0.15) is 0 Å². The molecule has 0 saturated carbocycles. The summed E-state index contributed by atoms with van der Waals surface area (Å²) in [4.78, 5) is 3.48. The van der Waals surface area contributed by atoms with E-state index in [2.05, 4.69) is 20.9 Å². The van der Waals surface area contributed by atoms with E-state index in [1.165, 1.54) is 0 Å². The van der Waals surface area contributed by atoms with E-state index in [1.54, 1.807) is 0 Å². The first-order valence-corrected chi connectivity index (χ1v) is 4.04. The van der Waals surface area contributed by atoms with Gasteiger partial charge >= 0.3 is 0 Å². The molecule has 0 aliphatic heterocycles. The Morgan fingerprint density at radius 2 is 1.92 bits per heavy atom. The smallest absolute Gasteiger partial charge is 0.191 e. The molecule has 0 aliphatic rings. The van der Waals surface area contributed by atoms with Gasteiger partial charge in [-0.2, -0.15) is 0 Å². The number of hydrogen-bond donors (Lipinski definition) is 2. The van der Waals surface area contributed by atoms with E-state index < -0.39 is 11.6 Å². The molecule has 0 radical (unpaired) electrons. The predicted molar refractivity (Wildman–Crippen MR) is 49.5 cm³/mol. The minimum atomic E-state index is -0.819. The molecule has 1 rings (SSSR count). The average Bonchev–Trinajstić information content (AvgIpc) is 1.96. The van der Waals surface area contributed by atoms with Crippen LogP contribution in [0, 0.1) is 11.6 Å². The molecule has 13 heavy (non-hydrogen) atoms. The number of aliphatic imine (C=N–C) groups is 1. The third-order valence-electron chi connectivity index (χ3n) is 1.22. The first-order valence-electron chi connectivity index (χ1n) is 3.25. The predicted octanol–water partition coefficient (Wildman–Crippen LogP) is 1.63. The molecule has 0 bridgehead atoms. The van der Waals surface area contributed by atoms with E-state index in [-0.39, 0.29) is 16.1 Å². The molecule has 0 heterocycles. The summed E-state index contributed by atoms with van der Waals surface area (Å²) in [5, 5.41) is 0. The van der Waals surface area contributed by atoms with Crippen molar-refractivity contribution in [1.29, 1.82) is 0 Å². The monoisotopic (exact) mass is 249 g/mol. The second kappa shape index (κ2) is 3.69. The summed E-state index contributed by atoms with van der Waals surface area (Å²) in [5.74, 6) is -1.80. The Kier molecular flexibility index (Phi) is 2.82. The van der Waals surface area contributed by atoms with E-state index in [1.807, 2.05) is 0 Å². The van der Waals surface area contributed by atoms with Crippen LogP contribution in [-0.2, 0) is 0 Å². The highest BCUT2D eigenvalue weighted by molar-refractivity contribution is 9.10. The van der Waals surface area contributed by atoms with Gasteiger partial charge in [-0.05, 0) is 22.0 Å². The zero-order valence-corrected chi connectivity index (χ0v) is 7.98. The van der Waals surface area contributed by atoms with Crippen LogP contribution in [0.25, 0.3) is 0 Å². The quantitative estimate of drug-likeness (QED) is 0.587. The normalized spacial score (nSPS) is 9.77. The molecule has 0 fully saturated rings. The van der Waals surface area contributed by atoms with Gasteiger partial charge in [-0.15, -0.1) is 0 Å². The zero-order valence-electron chi connectivity index (χ0n) is 6.39. The second-order valence-corrected chi connectivity index (χ2v) is 3.11. The Bertz CT molecular complexity index is 338. The van der Waals surface area contributed by atoms with Crippen molar-refractivity contribution in [2.75, 3.05) is 0 Å². The Labute approximate surface area is 81.6 Å². The first-order chi connectivity index (χ1) is 6.00.